The monoisotopic (exact) mass is 331 g/mol. The quantitative estimate of drug-likeness (QED) is 0.788. The predicted octanol–water partition coefficient (Wildman–Crippen LogP) is 2.24. The van der Waals surface area contributed by atoms with Crippen molar-refractivity contribution in [3.8, 4) is 12.1 Å². The molecule has 118 valence electrons. The fraction of sp³-hybridized carbons (Fsp3) is 0.375. The first-order valence-corrected chi connectivity index (χ1v) is 7.45. The molecule has 6 nitrogen and oxygen atoms in total. The average molecular weight is 332 g/mol. The molecule has 1 aromatic carbocycles. The van der Waals surface area contributed by atoms with Gasteiger partial charge in [-0.1, -0.05) is 11.6 Å². The summed E-state index contributed by atoms with van der Waals surface area (Å²) in [5, 5.41) is 19.7. The van der Waals surface area contributed by atoms with Crippen molar-refractivity contribution in [3.63, 3.8) is 0 Å². The van der Waals surface area contributed by atoms with Crippen LogP contribution in [-0.4, -0.2) is 29.9 Å². The van der Waals surface area contributed by atoms with E-state index < -0.39 is 23.3 Å². The van der Waals surface area contributed by atoms with Crippen LogP contribution in [0.25, 0.3) is 0 Å². The molecule has 0 N–H and O–H groups in total. The van der Waals surface area contributed by atoms with E-state index in [1.165, 1.54) is 23.1 Å². The molecule has 0 saturated heterocycles. The third-order valence-corrected chi connectivity index (χ3v) is 4.08. The van der Waals surface area contributed by atoms with Gasteiger partial charge in [0.05, 0.1) is 18.7 Å². The van der Waals surface area contributed by atoms with E-state index in [-0.39, 0.29) is 24.3 Å². The lowest BCUT2D eigenvalue weighted by Crippen LogP contribution is -2.50. The predicted molar refractivity (Wildman–Crippen MR) is 81.2 cm³/mol. The summed E-state index contributed by atoms with van der Waals surface area (Å²) in [6.07, 6.45) is 0. The topological polar surface area (TPSA) is 94.2 Å². The Morgan fingerprint density at radius 2 is 2.13 bits per heavy atom. The number of hydrogen-bond donors (Lipinski definition) is 0. The minimum atomic E-state index is -1.74. The molecule has 2 unspecified atom stereocenters. The van der Waals surface area contributed by atoms with E-state index in [4.69, 9.17) is 16.3 Å². The standard InChI is InChI=1S/C16H14ClN3O3/c1-3-20-14(21)11-6-5-10(17)7-12(11)16(20,9-19)13(8-18)15(22)23-4-2/h5-7,13H,3-4H2,1-2H3. The van der Waals surface area contributed by atoms with Gasteiger partial charge < -0.3 is 9.64 Å². The largest absolute Gasteiger partial charge is 0.465 e. The number of amides is 1. The number of halogens is 1. The summed E-state index contributed by atoms with van der Waals surface area (Å²) in [6, 6.07) is 8.33. The molecule has 0 aromatic heterocycles. The Morgan fingerprint density at radius 3 is 2.65 bits per heavy atom. The van der Waals surface area contributed by atoms with Crippen LogP contribution in [0.3, 0.4) is 0 Å². The zero-order valence-corrected chi connectivity index (χ0v) is 13.4. The molecule has 0 spiro atoms. The van der Waals surface area contributed by atoms with Gasteiger partial charge in [0.1, 0.15) is 0 Å². The molecule has 0 saturated carbocycles. The van der Waals surface area contributed by atoms with Gasteiger partial charge in [-0.25, -0.2) is 0 Å². The molecule has 0 radical (unpaired) electrons. The number of hydrogen-bond acceptors (Lipinski definition) is 5. The number of carbonyl (C=O) groups is 2. The maximum atomic E-state index is 12.6. The molecular weight excluding hydrogens is 318 g/mol. The fourth-order valence-corrected chi connectivity index (χ4v) is 3.07. The van der Waals surface area contributed by atoms with E-state index in [0.717, 1.165) is 0 Å². The van der Waals surface area contributed by atoms with Crippen molar-refractivity contribution in [1.29, 1.82) is 10.5 Å². The van der Waals surface area contributed by atoms with Crippen LogP contribution < -0.4 is 0 Å². The number of nitriles is 2. The van der Waals surface area contributed by atoms with E-state index in [1.807, 2.05) is 12.1 Å². The number of nitrogens with zero attached hydrogens (tertiary/aromatic N) is 3. The highest BCUT2D eigenvalue weighted by molar-refractivity contribution is 6.30. The minimum Gasteiger partial charge on any atom is -0.465 e. The second kappa shape index (κ2) is 6.28. The Labute approximate surface area is 138 Å². The highest BCUT2D eigenvalue weighted by Crippen LogP contribution is 2.45. The summed E-state index contributed by atoms with van der Waals surface area (Å²) in [5.41, 5.74) is -1.21. The van der Waals surface area contributed by atoms with Crippen LogP contribution in [0.1, 0.15) is 29.8 Å². The van der Waals surface area contributed by atoms with Crippen molar-refractivity contribution in [3.05, 3.63) is 34.3 Å². The molecule has 2 atom stereocenters. The second-order valence-corrected chi connectivity index (χ2v) is 5.37. The Hall–Kier alpha value is -2.57. The van der Waals surface area contributed by atoms with Gasteiger partial charge in [-0.15, -0.1) is 0 Å². The van der Waals surface area contributed by atoms with Crippen LogP contribution in [0, 0.1) is 28.6 Å². The Kier molecular flexibility index (Phi) is 4.58. The third-order valence-electron chi connectivity index (χ3n) is 3.85. The van der Waals surface area contributed by atoms with E-state index in [1.54, 1.807) is 13.8 Å². The molecule has 23 heavy (non-hydrogen) atoms. The average Bonchev–Trinajstić information content (AvgIpc) is 2.77. The first-order chi connectivity index (χ1) is 11.0. The lowest BCUT2D eigenvalue weighted by Gasteiger charge is -2.34. The molecule has 1 aliphatic heterocycles. The normalized spacial score (nSPS) is 20.4. The lowest BCUT2D eigenvalue weighted by atomic mass is 9.79. The van der Waals surface area contributed by atoms with Gasteiger partial charge in [-0.3, -0.25) is 9.59 Å². The Morgan fingerprint density at radius 1 is 1.43 bits per heavy atom. The van der Waals surface area contributed by atoms with Crippen molar-refractivity contribution in [2.24, 2.45) is 5.92 Å². The number of fused-ring (bicyclic) bond motifs is 1. The number of esters is 1. The van der Waals surface area contributed by atoms with E-state index in [9.17, 15) is 20.1 Å². The second-order valence-electron chi connectivity index (χ2n) is 4.93. The summed E-state index contributed by atoms with van der Waals surface area (Å²) in [4.78, 5) is 26.0. The summed E-state index contributed by atoms with van der Waals surface area (Å²) >= 11 is 6.00. The van der Waals surface area contributed by atoms with Crippen molar-refractivity contribution < 1.29 is 14.3 Å². The molecular formula is C16H14ClN3O3. The van der Waals surface area contributed by atoms with Crippen molar-refractivity contribution in [1.82, 2.24) is 4.90 Å². The van der Waals surface area contributed by atoms with Gasteiger partial charge in [0, 0.05) is 22.7 Å². The number of rotatable bonds is 4. The molecule has 1 aliphatic rings. The van der Waals surface area contributed by atoms with Gasteiger partial charge in [0.15, 0.2) is 11.5 Å². The molecule has 1 heterocycles. The van der Waals surface area contributed by atoms with Gasteiger partial charge in [0.2, 0.25) is 0 Å². The SMILES string of the molecule is CCOC(=O)C(C#N)C1(C#N)c2cc(Cl)ccc2C(=O)N1CC. The van der Waals surface area contributed by atoms with Crippen LogP contribution in [0.5, 0.6) is 0 Å². The third kappa shape index (κ3) is 2.32. The maximum absolute atomic E-state index is 12.6. The molecule has 7 heteroatoms. The van der Waals surface area contributed by atoms with Crippen molar-refractivity contribution >= 4 is 23.5 Å². The molecule has 0 bridgehead atoms. The highest BCUT2D eigenvalue weighted by Gasteiger charge is 2.58. The zero-order valence-electron chi connectivity index (χ0n) is 12.7. The van der Waals surface area contributed by atoms with Crippen molar-refractivity contribution in [2.45, 2.75) is 19.4 Å². The minimum absolute atomic E-state index is 0.0704. The smallest absolute Gasteiger partial charge is 0.327 e. The van der Waals surface area contributed by atoms with Gasteiger partial charge >= 0.3 is 5.97 Å². The van der Waals surface area contributed by atoms with E-state index >= 15 is 0 Å². The van der Waals surface area contributed by atoms with Crippen LogP contribution in [0.2, 0.25) is 5.02 Å². The van der Waals surface area contributed by atoms with Crippen molar-refractivity contribution in [2.75, 3.05) is 13.2 Å². The van der Waals surface area contributed by atoms with Gasteiger partial charge in [0.25, 0.3) is 5.91 Å². The van der Waals surface area contributed by atoms with Crippen LogP contribution in [0.4, 0.5) is 0 Å². The van der Waals surface area contributed by atoms with E-state index in [0.29, 0.717) is 5.02 Å². The molecule has 0 aliphatic carbocycles. The summed E-state index contributed by atoms with van der Waals surface area (Å²) in [5.74, 6) is -2.71. The fourth-order valence-electron chi connectivity index (χ4n) is 2.90. The summed E-state index contributed by atoms with van der Waals surface area (Å²) in [7, 11) is 0. The van der Waals surface area contributed by atoms with Crippen LogP contribution in [-0.2, 0) is 15.1 Å². The molecule has 0 fully saturated rings. The van der Waals surface area contributed by atoms with Crippen LogP contribution in [0.15, 0.2) is 18.2 Å². The molecule has 1 amide bonds. The zero-order chi connectivity index (χ0) is 17.2. The summed E-state index contributed by atoms with van der Waals surface area (Å²) < 4.78 is 4.92. The highest BCUT2D eigenvalue weighted by atomic mass is 35.5. The lowest BCUT2D eigenvalue weighted by molar-refractivity contribution is -0.149. The Bertz CT molecular complexity index is 750. The van der Waals surface area contributed by atoms with Crippen LogP contribution >= 0.6 is 11.6 Å². The maximum Gasteiger partial charge on any atom is 0.327 e. The van der Waals surface area contributed by atoms with E-state index in [2.05, 4.69) is 0 Å². The molecule has 1 aromatic rings. The van der Waals surface area contributed by atoms with Gasteiger partial charge in [-0.2, -0.15) is 10.5 Å². The van der Waals surface area contributed by atoms with Gasteiger partial charge in [-0.05, 0) is 32.0 Å². The molecule has 2 rings (SSSR count). The number of benzene rings is 1. The summed E-state index contributed by atoms with van der Waals surface area (Å²) in [6.45, 7) is 3.52. The Balaban J connectivity index is 2.75. The number of carbonyl (C=O) groups excluding carboxylic acids is 2. The number of ether oxygens (including phenoxy) is 1. The first kappa shape index (κ1) is 16.8. The first-order valence-electron chi connectivity index (χ1n) is 7.07.